The third-order valence-corrected chi connectivity index (χ3v) is 2.78. The van der Waals surface area contributed by atoms with Gasteiger partial charge in [0.2, 0.25) is 0 Å². The van der Waals surface area contributed by atoms with E-state index >= 15 is 0 Å². The highest BCUT2D eigenvalue weighted by Crippen LogP contribution is 2.32. The highest BCUT2D eigenvalue weighted by molar-refractivity contribution is 5.40. The minimum atomic E-state index is -0.186. The van der Waals surface area contributed by atoms with Crippen molar-refractivity contribution in [3.05, 3.63) is 29.1 Å². The zero-order chi connectivity index (χ0) is 10.1. The van der Waals surface area contributed by atoms with E-state index in [1.165, 1.54) is 13.2 Å². The largest absolute Gasteiger partial charge is 0.497 e. The van der Waals surface area contributed by atoms with Gasteiger partial charge in [0.25, 0.3) is 0 Å². The number of benzene rings is 1. The molecule has 0 saturated heterocycles. The highest BCUT2D eigenvalue weighted by atomic mass is 19.1. The Morgan fingerprint density at radius 2 is 2.29 bits per heavy atom. The molecule has 1 aliphatic carbocycles. The van der Waals surface area contributed by atoms with Gasteiger partial charge in [0, 0.05) is 12.1 Å². The topological polar surface area (TPSA) is 35.2 Å². The van der Waals surface area contributed by atoms with Crippen LogP contribution in [-0.4, -0.2) is 7.11 Å². The van der Waals surface area contributed by atoms with E-state index in [2.05, 4.69) is 0 Å². The van der Waals surface area contributed by atoms with Gasteiger partial charge < -0.3 is 10.5 Å². The number of nitrogens with two attached hydrogens (primary N) is 1. The summed E-state index contributed by atoms with van der Waals surface area (Å²) in [6.07, 6.45) is 2.69. The number of methoxy groups -OCH3 is 1. The lowest BCUT2D eigenvalue weighted by molar-refractivity contribution is 0.407. The lowest BCUT2D eigenvalue weighted by atomic mass is 9.88. The van der Waals surface area contributed by atoms with Crippen molar-refractivity contribution in [3.63, 3.8) is 0 Å². The summed E-state index contributed by atoms with van der Waals surface area (Å²) in [5.41, 5.74) is 7.59. The molecule has 0 heterocycles. The van der Waals surface area contributed by atoms with E-state index in [-0.39, 0.29) is 11.9 Å². The number of fused-ring (bicyclic) bond motifs is 1. The summed E-state index contributed by atoms with van der Waals surface area (Å²) in [7, 11) is 1.54. The maximum atomic E-state index is 13.6. The predicted molar refractivity (Wildman–Crippen MR) is 52.8 cm³/mol. The van der Waals surface area contributed by atoms with E-state index < -0.39 is 0 Å². The van der Waals surface area contributed by atoms with E-state index in [0.29, 0.717) is 5.75 Å². The minimum Gasteiger partial charge on any atom is -0.497 e. The normalized spacial score (nSPS) is 20.4. The van der Waals surface area contributed by atoms with Crippen LogP contribution in [0.15, 0.2) is 12.1 Å². The van der Waals surface area contributed by atoms with E-state index in [1.807, 2.05) is 6.07 Å². The van der Waals surface area contributed by atoms with E-state index in [0.717, 1.165) is 30.4 Å². The van der Waals surface area contributed by atoms with Gasteiger partial charge in [-0.2, -0.15) is 0 Å². The van der Waals surface area contributed by atoms with Crippen LogP contribution >= 0.6 is 0 Å². The average molecular weight is 195 g/mol. The summed E-state index contributed by atoms with van der Waals surface area (Å²) >= 11 is 0. The summed E-state index contributed by atoms with van der Waals surface area (Å²) in [6, 6.07) is 3.24. The van der Waals surface area contributed by atoms with Crippen LogP contribution in [0.2, 0.25) is 0 Å². The van der Waals surface area contributed by atoms with Crippen LogP contribution in [0.25, 0.3) is 0 Å². The molecular weight excluding hydrogens is 181 g/mol. The van der Waals surface area contributed by atoms with Crippen molar-refractivity contribution in [2.45, 2.75) is 25.3 Å². The molecule has 1 unspecified atom stereocenters. The van der Waals surface area contributed by atoms with Gasteiger partial charge in [-0.1, -0.05) is 0 Å². The maximum Gasteiger partial charge on any atom is 0.130 e. The summed E-state index contributed by atoms with van der Waals surface area (Å²) in [4.78, 5) is 0. The van der Waals surface area contributed by atoms with Gasteiger partial charge in [-0.15, -0.1) is 0 Å². The molecule has 0 radical (unpaired) electrons. The molecule has 1 atom stereocenters. The fourth-order valence-corrected chi connectivity index (χ4v) is 2.00. The standard InChI is InChI=1S/C11H14FNO/c1-14-7-5-9-8(10(12)6-7)3-2-4-11(9)13/h5-6,11H,2-4,13H2,1H3. The molecule has 0 saturated carbocycles. The molecular formula is C11H14FNO. The molecule has 14 heavy (non-hydrogen) atoms. The molecule has 1 aromatic carbocycles. The lowest BCUT2D eigenvalue weighted by Crippen LogP contribution is -2.18. The molecule has 3 heteroatoms. The molecule has 0 aromatic heterocycles. The molecule has 0 amide bonds. The Bertz CT molecular complexity index is 351. The lowest BCUT2D eigenvalue weighted by Gasteiger charge is -2.23. The van der Waals surface area contributed by atoms with Gasteiger partial charge in [-0.25, -0.2) is 4.39 Å². The Hall–Kier alpha value is -1.09. The third-order valence-electron chi connectivity index (χ3n) is 2.78. The third kappa shape index (κ3) is 1.48. The van der Waals surface area contributed by atoms with E-state index in [4.69, 9.17) is 10.5 Å². The fraction of sp³-hybridized carbons (Fsp3) is 0.455. The first-order valence-corrected chi connectivity index (χ1v) is 4.84. The Labute approximate surface area is 82.9 Å². The predicted octanol–water partition coefficient (Wildman–Crippen LogP) is 2.17. The van der Waals surface area contributed by atoms with Crippen molar-refractivity contribution < 1.29 is 9.13 Å². The smallest absolute Gasteiger partial charge is 0.130 e. The summed E-state index contributed by atoms with van der Waals surface area (Å²) < 4.78 is 18.6. The summed E-state index contributed by atoms with van der Waals surface area (Å²) in [6.45, 7) is 0. The molecule has 1 aliphatic rings. The van der Waals surface area contributed by atoms with Crippen molar-refractivity contribution in [1.82, 2.24) is 0 Å². The van der Waals surface area contributed by atoms with Crippen molar-refractivity contribution in [2.75, 3.05) is 7.11 Å². The second-order valence-corrected chi connectivity index (χ2v) is 3.68. The van der Waals surface area contributed by atoms with Crippen molar-refractivity contribution in [2.24, 2.45) is 5.73 Å². The van der Waals surface area contributed by atoms with Crippen LogP contribution in [0, 0.1) is 5.82 Å². The molecule has 1 aromatic rings. The van der Waals surface area contributed by atoms with Gasteiger partial charge >= 0.3 is 0 Å². The average Bonchev–Trinajstić information content (AvgIpc) is 2.19. The summed E-state index contributed by atoms with van der Waals surface area (Å²) in [5.74, 6) is 0.369. The second kappa shape index (κ2) is 3.58. The maximum absolute atomic E-state index is 13.6. The Balaban J connectivity index is 2.51. The quantitative estimate of drug-likeness (QED) is 0.745. The Morgan fingerprint density at radius 3 is 3.00 bits per heavy atom. The first-order valence-electron chi connectivity index (χ1n) is 4.84. The van der Waals surface area contributed by atoms with Gasteiger partial charge in [0.15, 0.2) is 0 Å². The number of rotatable bonds is 1. The van der Waals surface area contributed by atoms with Gasteiger partial charge in [-0.05, 0) is 36.5 Å². The van der Waals surface area contributed by atoms with Crippen LogP contribution in [-0.2, 0) is 6.42 Å². The van der Waals surface area contributed by atoms with Crippen molar-refractivity contribution in [3.8, 4) is 5.75 Å². The monoisotopic (exact) mass is 195 g/mol. The molecule has 0 bridgehead atoms. The van der Waals surface area contributed by atoms with E-state index in [9.17, 15) is 4.39 Å². The molecule has 0 aliphatic heterocycles. The van der Waals surface area contributed by atoms with Gasteiger partial charge in [0.1, 0.15) is 11.6 Å². The van der Waals surface area contributed by atoms with Crippen molar-refractivity contribution in [1.29, 1.82) is 0 Å². The molecule has 2 N–H and O–H groups in total. The van der Waals surface area contributed by atoms with Gasteiger partial charge in [0.05, 0.1) is 7.11 Å². The molecule has 2 rings (SSSR count). The van der Waals surface area contributed by atoms with Crippen LogP contribution in [0.4, 0.5) is 4.39 Å². The Kier molecular flexibility index (Phi) is 2.42. The number of ether oxygens (including phenoxy) is 1. The molecule has 0 spiro atoms. The fourth-order valence-electron chi connectivity index (χ4n) is 2.00. The number of hydrogen-bond acceptors (Lipinski definition) is 2. The van der Waals surface area contributed by atoms with Crippen LogP contribution in [0.3, 0.4) is 0 Å². The molecule has 2 nitrogen and oxygen atoms in total. The number of halogens is 1. The first-order chi connectivity index (χ1) is 6.72. The summed E-state index contributed by atoms with van der Waals surface area (Å²) in [5, 5.41) is 0. The molecule has 76 valence electrons. The van der Waals surface area contributed by atoms with Crippen molar-refractivity contribution >= 4 is 0 Å². The zero-order valence-electron chi connectivity index (χ0n) is 8.22. The van der Waals surface area contributed by atoms with Crippen LogP contribution in [0.5, 0.6) is 5.75 Å². The second-order valence-electron chi connectivity index (χ2n) is 3.68. The first kappa shape index (κ1) is 9.46. The SMILES string of the molecule is COc1cc(F)c2c(c1)C(N)CCC2. The Morgan fingerprint density at radius 1 is 1.50 bits per heavy atom. The minimum absolute atomic E-state index is 0.0386. The molecule has 0 fully saturated rings. The van der Waals surface area contributed by atoms with Gasteiger partial charge in [-0.3, -0.25) is 0 Å². The van der Waals surface area contributed by atoms with E-state index in [1.54, 1.807) is 0 Å². The van der Waals surface area contributed by atoms with Crippen LogP contribution < -0.4 is 10.5 Å². The zero-order valence-corrected chi connectivity index (χ0v) is 8.22. The van der Waals surface area contributed by atoms with Crippen LogP contribution in [0.1, 0.15) is 30.0 Å². The number of hydrogen-bond donors (Lipinski definition) is 1. The highest BCUT2D eigenvalue weighted by Gasteiger charge is 2.20.